The molecule has 16 heteroatoms. The summed E-state index contributed by atoms with van der Waals surface area (Å²) < 4.78 is 132. The summed E-state index contributed by atoms with van der Waals surface area (Å²) in [7, 11) is 0. The van der Waals surface area contributed by atoms with Crippen LogP contribution in [0.15, 0.2) is 29.2 Å². The maximum absolute atomic E-state index is 15.2. The van der Waals surface area contributed by atoms with Gasteiger partial charge < -0.3 is 15.0 Å². The number of halogens is 9. The van der Waals surface area contributed by atoms with Crippen LogP contribution in [-0.4, -0.2) is 59.9 Å². The third-order valence-corrected chi connectivity index (χ3v) is 7.70. The van der Waals surface area contributed by atoms with Crippen molar-refractivity contribution in [3.05, 3.63) is 63.5 Å². The Morgan fingerprint density at radius 1 is 1.00 bits per heavy atom. The fourth-order valence-electron chi connectivity index (χ4n) is 5.35. The minimum atomic E-state index is -6.04. The molecule has 0 bridgehead atoms. The van der Waals surface area contributed by atoms with Crippen LogP contribution in [0.25, 0.3) is 16.7 Å². The number of anilines is 1. The first-order valence-electron chi connectivity index (χ1n) is 12.6. The Balaban J connectivity index is 1.50. The number of carbonyl (C=O) groups is 1. The number of aromatic nitrogens is 2. The highest BCUT2D eigenvalue weighted by atomic mass is 19.4. The molecule has 1 N–H and O–H groups in total. The number of alkyl halides is 5. The van der Waals surface area contributed by atoms with E-state index in [1.807, 2.05) is 0 Å². The zero-order chi connectivity index (χ0) is 30.4. The number of fused-ring (bicyclic) bond motifs is 1. The van der Waals surface area contributed by atoms with Gasteiger partial charge in [-0.3, -0.25) is 14.2 Å². The molecule has 1 saturated carbocycles. The summed E-state index contributed by atoms with van der Waals surface area (Å²) in [5.74, 6) is -14.1. The van der Waals surface area contributed by atoms with Crippen LogP contribution in [0, 0.1) is 34.6 Å². The van der Waals surface area contributed by atoms with Crippen LogP contribution in [0.2, 0.25) is 0 Å². The minimum absolute atomic E-state index is 0.0631. The van der Waals surface area contributed by atoms with Gasteiger partial charge in [-0.15, -0.1) is 0 Å². The number of hydrogen-bond acceptors (Lipinski definition) is 5. The largest absolute Gasteiger partial charge is 0.455 e. The first-order chi connectivity index (χ1) is 19.6. The molecule has 1 spiro atoms. The summed E-state index contributed by atoms with van der Waals surface area (Å²) >= 11 is 0. The first kappa shape index (κ1) is 28.3. The van der Waals surface area contributed by atoms with Crippen LogP contribution in [-0.2, 0) is 4.74 Å². The molecule has 3 aliphatic rings. The average Bonchev–Trinajstić information content (AvgIpc) is 3.66. The Hall–Kier alpha value is -3.82. The van der Waals surface area contributed by atoms with E-state index in [1.165, 1.54) is 4.90 Å². The lowest BCUT2D eigenvalue weighted by Gasteiger charge is -2.55. The molecule has 1 atom stereocenters. The first-order valence-corrected chi connectivity index (χ1v) is 12.6. The van der Waals surface area contributed by atoms with Crippen LogP contribution in [0.1, 0.15) is 23.2 Å². The van der Waals surface area contributed by atoms with E-state index in [1.54, 1.807) is 5.32 Å². The Kier molecular flexibility index (Phi) is 6.30. The van der Waals surface area contributed by atoms with Gasteiger partial charge in [-0.2, -0.15) is 22.0 Å². The molecular formula is C26H19F9N4O3. The van der Waals surface area contributed by atoms with Crippen LogP contribution < -0.4 is 15.6 Å². The van der Waals surface area contributed by atoms with Gasteiger partial charge in [0.05, 0.1) is 24.0 Å². The Morgan fingerprint density at radius 3 is 2.14 bits per heavy atom. The molecule has 2 aliphatic heterocycles. The van der Waals surface area contributed by atoms with Gasteiger partial charge in [0.2, 0.25) is 5.43 Å². The van der Waals surface area contributed by atoms with Gasteiger partial charge >= 0.3 is 12.1 Å². The predicted molar refractivity (Wildman–Crippen MR) is 128 cm³/mol. The molecule has 1 unspecified atom stereocenters. The monoisotopic (exact) mass is 606 g/mol. The Bertz CT molecular complexity index is 1650. The van der Waals surface area contributed by atoms with Gasteiger partial charge in [0, 0.05) is 31.4 Å². The standard InChI is InChI=1S/C26H19F9N4O3/c27-12-3-15(28)18(16(29)4-12)39-6-14(23(41)36-20(11-1-2-11)25(31,32)26(33,34)35)19(40)13-5-17(30)22(37-21(13)39)38-7-24(8-38)9-42-10-24/h3-6,11,20H,1-2,7-10H2,(H,36,41). The maximum atomic E-state index is 15.2. The quantitative estimate of drug-likeness (QED) is 0.419. The van der Waals surface area contributed by atoms with E-state index in [4.69, 9.17) is 4.74 Å². The number of rotatable bonds is 6. The molecule has 0 radical (unpaired) electrons. The van der Waals surface area contributed by atoms with Gasteiger partial charge in [-0.25, -0.2) is 22.5 Å². The van der Waals surface area contributed by atoms with Gasteiger partial charge in [0.25, 0.3) is 5.91 Å². The van der Waals surface area contributed by atoms with Crippen molar-refractivity contribution >= 4 is 22.8 Å². The highest BCUT2D eigenvalue weighted by Gasteiger charge is 2.65. The van der Waals surface area contributed by atoms with Gasteiger partial charge in [-0.1, -0.05) is 0 Å². The van der Waals surface area contributed by atoms with Crippen molar-refractivity contribution in [1.29, 1.82) is 0 Å². The van der Waals surface area contributed by atoms with E-state index in [0.717, 1.165) is 0 Å². The Labute approximate surface area is 229 Å². The fourth-order valence-corrected chi connectivity index (χ4v) is 5.35. The van der Waals surface area contributed by atoms with Crippen molar-refractivity contribution in [3.8, 4) is 5.69 Å². The molecular weight excluding hydrogens is 587 g/mol. The highest BCUT2D eigenvalue weighted by Crippen LogP contribution is 2.47. The average molecular weight is 606 g/mol. The lowest BCUT2D eigenvalue weighted by atomic mass is 9.78. The second-order valence-electron chi connectivity index (χ2n) is 10.9. The molecule has 2 aromatic heterocycles. The summed E-state index contributed by atoms with van der Waals surface area (Å²) in [4.78, 5) is 31.9. The molecule has 7 nitrogen and oxygen atoms in total. The van der Waals surface area contributed by atoms with E-state index in [-0.39, 0.29) is 36.2 Å². The van der Waals surface area contributed by atoms with E-state index in [9.17, 15) is 44.7 Å². The lowest BCUT2D eigenvalue weighted by molar-refractivity contribution is -0.293. The maximum Gasteiger partial charge on any atom is 0.455 e. The smallest absolute Gasteiger partial charge is 0.380 e. The molecule has 1 aliphatic carbocycles. The molecule has 3 aromatic rings. The highest BCUT2D eigenvalue weighted by molar-refractivity contribution is 5.97. The van der Waals surface area contributed by atoms with Gasteiger partial charge in [0.1, 0.15) is 23.1 Å². The molecule has 4 heterocycles. The van der Waals surface area contributed by atoms with E-state index in [0.29, 0.717) is 43.1 Å². The van der Waals surface area contributed by atoms with Crippen molar-refractivity contribution in [2.75, 3.05) is 31.2 Å². The van der Waals surface area contributed by atoms with Crippen molar-refractivity contribution in [1.82, 2.24) is 14.9 Å². The van der Waals surface area contributed by atoms with Crippen LogP contribution in [0.5, 0.6) is 0 Å². The number of nitrogens with zero attached hydrogens (tertiary/aromatic N) is 3. The van der Waals surface area contributed by atoms with Crippen molar-refractivity contribution in [2.45, 2.75) is 31.0 Å². The number of benzene rings is 1. The third kappa shape index (κ3) is 4.46. The second-order valence-corrected chi connectivity index (χ2v) is 10.9. The van der Waals surface area contributed by atoms with E-state index < -0.39 is 80.9 Å². The summed E-state index contributed by atoms with van der Waals surface area (Å²) in [5.41, 5.74) is -4.35. The normalized spacial score (nSPS) is 19.0. The summed E-state index contributed by atoms with van der Waals surface area (Å²) in [5, 5.41) is 0.809. The zero-order valence-corrected chi connectivity index (χ0v) is 21.2. The predicted octanol–water partition coefficient (Wildman–Crippen LogP) is 4.48. The summed E-state index contributed by atoms with van der Waals surface area (Å²) in [6.07, 6.45) is -5.68. The molecule has 2 saturated heterocycles. The summed E-state index contributed by atoms with van der Waals surface area (Å²) in [6.45, 7) is 1.46. The topological polar surface area (TPSA) is 76.5 Å². The number of ether oxygens (including phenoxy) is 1. The molecule has 224 valence electrons. The zero-order valence-electron chi connectivity index (χ0n) is 21.2. The lowest BCUT2D eigenvalue weighted by Crippen LogP contribution is -2.66. The fraction of sp³-hybridized carbons (Fsp3) is 0.423. The van der Waals surface area contributed by atoms with Crippen molar-refractivity contribution in [3.63, 3.8) is 0 Å². The van der Waals surface area contributed by atoms with Crippen molar-refractivity contribution in [2.24, 2.45) is 11.3 Å². The molecule has 1 amide bonds. The third-order valence-electron chi connectivity index (χ3n) is 7.70. The van der Waals surface area contributed by atoms with Crippen molar-refractivity contribution < 1.29 is 49.0 Å². The number of hydrogen-bond donors (Lipinski definition) is 1. The second kappa shape index (κ2) is 9.34. The summed E-state index contributed by atoms with van der Waals surface area (Å²) in [6, 6.07) is -1.58. The SMILES string of the molecule is O=C(NC(C1CC1)C(F)(F)C(F)(F)F)c1cn(-c2c(F)cc(F)cc2F)c2nc(N3CC4(COC4)C3)c(F)cc2c1=O. The number of nitrogens with one attached hydrogen (secondary N) is 1. The Morgan fingerprint density at radius 2 is 1.62 bits per heavy atom. The molecule has 6 rings (SSSR count). The minimum Gasteiger partial charge on any atom is -0.380 e. The van der Waals surface area contributed by atoms with Crippen LogP contribution in [0.3, 0.4) is 0 Å². The van der Waals surface area contributed by atoms with Crippen LogP contribution in [0.4, 0.5) is 45.3 Å². The molecule has 1 aromatic carbocycles. The van der Waals surface area contributed by atoms with Gasteiger partial charge in [-0.05, 0) is 24.8 Å². The van der Waals surface area contributed by atoms with E-state index in [2.05, 4.69) is 4.98 Å². The van der Waals surface area contributed by atoms with Gasteiger partial charge in [0.15, 0.2) is 28.9 Å². The van der Waals surface area contributed by atoms with Crippen LogP contribution >= 0.6 is 0 Å². The molecule has 42 heavy (non-hydrogen) atoms. The number of pyridine rings is 2. The van der Waals surface area contributed by atoms with E-state index >= 15 is 4.39 Å². The number of amides is 1. The molecule has 3 fully saturated rings. The number of carbonyl (C=O) groups excluding carboxylic acids is 1.